The predicted octanol–water partition coefficient (Wildman–Crippen LogP) is 6.08. The van der Waals surface area contributed by atoms with Gasteiger partial charge in [-0.15, -0.1) is 0 Å². The van der Waals surface area contributed by atoms with Crippen LogP contribution in [-0.4, -0.2) is 24.6 Å². The molecule has 0 aliphatic heterocycles. The number of hydrogen-bond donors (Lipinski definition) is 0. The molecule has 4 nitrogen and oxygen atoms in total. The van der Waals surface area contributed by atoms with Crippen molar-refractivity contribution in [2.45, 2.75) is 26.7 Å². The highest BCUT2D eigenvalue weighted by molar-refractivity contribution is 9.10. The average molecular weight is 454 g/mol. The summed E-state index contributed by atoms with van der Waals surface area (Å²) < 4.78 is 14.1. The van der Waals surface area contributed by atoms with E-state index in [4.69, 9.17) is 9.47 Å². The Kier molecular flexibility index (Phi) is 5.03. The second-order valence-electron chi connectivity index (χ2n) is 8.22. The van der Waals surface area contributed by atoms with E-state index in [0.29, 0.717) is 17.9 Å². The summed E-state index contributed by atoms with van der Waals surface area (Å²) >= 11 is 3.57. The molecule has 0 unspecified atom stereocenters. The van der Waals surface area contributed by atoms with E-state index in [1.54, 1.807) is 14.2 Å². The van der Waals surface area contributed by atoms with Gasteiger partial charge in [0.1, 0.15) is 0 Å². The fraction of sp³-hybridized carbons (Fsp3) is 0.292. The van der Waals surface area contributed by atoms with Crippen molar-refractivity contribution in [2.75, 3.05) is 14.2 Å². The number of aromatic nitrogens is 1. The lowest BCUT2D eigenvalue weighted by molar-refractivity contribution is 0.0911. The summed E-state index contributed by atoms with van der Waals surface area (Å²) in [4.78, 5) is 13.0. The number of methoxy groups -OCH3 is 2. The van der Waals surface area contributed by atoms with E-state index in [2.05, 4.69) is 46.5 Å². The molecule has 4 rings (SSSR count). The molecular formula is C24H24BrNO3. The summed E-state index contributed by atoms with van der Waals surface area (Å²) in [6, 6.07) is 16.1. The quantitative estimate of drug-likeness (QED) is 0.480. The van der Waals surface area contributed by atoms with Crippen LogP contribution in [0.5, 0.6) is 11.5 Å². The van der Waals surface area contributed by atoms with Gasteiger partial charge >= 0.3 is 0 Å². The summed E-state index contributed by atoms with van der Waals surface area (Å²) in [5, 5.41) is 0. The predicted molar refractivity (Wildman–Crippen MR) is 118 cm³/mol. The van der Waals surface area contributed by atoms with Crippen molar-refractivity contribution in [1.82, 2.24) is 4.57 Å². The Morgan fingerprint density at radius 1 is 0.966 bits per heavy atom. The maximum Gasteiger partial charge on any atom is 0.165 e. The van der Waals surface area contributed by atoms with E-state index in [0.717, 1.165) is 39.1 Å². The third-order valence-corrected chi connectivity index (χ3v) is 5.93. The number of ketones is 1. The summed E-state index contributed by atoms with van der Waals surface area (Å²) in [5.74, 6) is 1.54. The van der Waals surface area contributed by atoms with Crippen molar-refractivity contribution < 1.29 is 14.3 Å². The molecule has 0 amide bonds. The Morgan fingerprint density at radius 3 is 2.41 bits per heavy atom. The molecule has 1 aliphatic rings. The molecule has 0 fully saturated rings. The Balaban J connectivity index is 2.00. The lowest BCUT2D eigenvalue weighted by Crippen LogP contribution is -2.27. The van der Waals surface area contributed by atoms with Gasteiger partial charge in [0.25, 0.3) is 0 Å². The number of carbonyl (C=O) groups is 1. The van der Waals surface area contributed by atoms with Crippen LogP contribution in [0, 0.1) is 5.41 Å². The van der Waals surface area contributed by atoms with Crippen LogP contribution < -0.4 is 9.47 Å². The van der Waals surface area contributed by atoms with Crippen molar-refractivity contribution in [1.29, 1.82) is 0 Å². The smallest absolute Gasteiger partial charge is 0.165 e. The van der Waals surface area contributed by atoms with Crippen LogP contribution in [-0.2, 0) is 6.42 Å². The van der Waals surface area contributed by atoms with E-state index in [9.17, 15) is 4.79 Å². The van der Waals surface area contributed by atoms with Gasteiger partial charge in [-0.3, -0.25) is 4.79 Å². The summed E-state index contributed by atoms with van der Waals surface area (Å²) in [6.07, 6.45) is 1.39. The van der Waals surface area contributed by atoms with Crippen LogP contribution in [0.25, 0.3) is 16.9 Å². The zero-order chi connectivity index (χ0) is 20.8. The Hall–Kier alpha value is -2.53. The number of carbonyl (C=O) groups excluding carboxylic acids is 1. The van der Waals surface area contributed by atoms with Crippen LogP contribution in [0.15, 0.2) is 53.0 Å². The normalized spacial score (nSPS) is 15.1. The molecule has 1 aliphatic carbocycles. The lowest BCUT2D eigenvalue weighted by Gasteiger charge is -2.30. The molecule has 0 saturated heterocycles. The Morgan fingerprint density at radius 2 is 1.72 bits per heavy atom. The van der Waals surface area contributed by atoms with Crippen LogP contribution in [0.4, 0.5) is 0 Å². The van der Waals surface area contributed by atoms with Crippen molar-refractivity contribution in [3.8, 4) is 28.4 Å². The van der Waals surface area contributed by atoms with Crippen molar-refractivity contribution in [3.63, 3.8) is 0 Å². The van der Waals surface area contributed by atoms with Gasteiger partial charge in [0.2, 0.25) is 0 Å². The molecule has 0 spiro atoms. The van der Waals surface area contributed by atoms with Gasteiger partial charge in [0.15, 0.2) is 17.3 Å². The first-order chi connectivity index (χ1) is 13.8. The number of hydrogen-bond acceptors (Lipinski definition) is 3. The minimum absolute atomic E-state index is 0.0781. The summed E-state index contributed by atoms with van der Waals surface area (Å²) in [5.41, 5.74) is 4.78. The molecule has 29 heavy (non-hydrogen) atoms. The molecule has 0 radical (unpaired) electrons. The van der Waals surface area contributed by atoms with Gasteiger partial charge in [-0.2, -0.15) is 0 Å². The Bertz CT molecular complexity index is 1100. The molecule has 0 N–H and O–H groups in total. The third-order valence-electron chi connectivity index (χ3n) is 5.43. The zero-order valence-electron chi connectivity index (χ0n) is 17.1. The second kappa shape index (κ2) is 7.38. The second-order valence-corrected chi connectivity index (χ2v) is 9.13. The highest BCUT2D eigenvalue weighted by Crippen LogP contribution is 2.41. The Labute approximate surface area is 179 Å². The standard InChI is InChI=1S/C24H24BrNO3/c1-24(2)13-20-18(21(27)14-24)12-19(15-6-5-7-16(25)10-15)26(20)17-8-9-22(28-3)23(11-17)29-4/h5-12H,13-14H2,1-4H3. The van der Waals surface area contributed by atoms with E-state index in [1.165, 1.54) is 0 Å². The maximum atomic E-state index is 13.0. The molecule has 0 bridgehead atoms. The summed E-state index contributed by atoms with van der Waals surface area (Å²) in [7, 11) is 3.26. The fourth-order valence-corrected chi connectivity index (χ4v) is 4.53. The van der Waals surface area contributed by atoms with Crippen molar-refractivity contribution in [2.24, 2.45) is 5.41 Å². The fourth-order valence-electron chi connectivity index (χ4n) is 4.13. The first-order valence-corrected chi connectivity index (χ1v) is 10.4. The number of rotatable bonds is 4. The molecule has 150 valence electrons. The SMILES string of the molecule is COc1ccc(-n2c(-c3cccc(Br)c3)cc3c2CC(C)(C)CC3=O)cc1OC. The van der Waals surface area contributed by atoms with E-state index in [-0.39, 0.29) is 11.2 Å². The molecule has 0 atom stereocenters. The van der Waals surface area contributed by atoms with Gasteiger partial charge in [0.05, 0.1) is 19.9 Å². The molecule has 2 aromatic carbocycles. The lowest BCUT2D eigenvalue weighted by atomic mass is 9.76. The van der Waals surface area contributed by atoms with Gasteiger partial charge in [0, 0.05) is 33.9 Å². The maximum absolute atomic E-state index is 13.0. The van der Waals surface area contributed by atoms with Crippen LogP contribution in [0.1, 0.15) is 36.3 Å². The summed E-state index contributed by atoms with van der Waals surface area (Å²) in [6.45, 7) is 4.30. The van der Waals surface area contributed by atoms with E-state index >= 15 is 0 Å². The van der Waals surface area contributed by atoms with Gasteiger partial charge < -0.3 is 14.0 Å². The van der Waals surface area contributed by atoms with E-state index in [1.807, 2.05) is 36.4 Å². The number of Topliss-reactive ketones (excluding diaryl/α,β-unsaturated/α-hetero) is 1. The largest absolute Gasteiger partial charge is 0.493 e. The van der Waals surface area contributed by atoms with Gasteiger partial charge in [-0.25, -0.2) is 0 Å². The zero-order valence-corrected chi connectivity index (χ0v) is 18.7. The van der Waals surface area contributed by atoms with Gasteiger partial charge in [-0.1, -0.05) is 41.9 Å². The number of ether oxygens (including phenoxy) is 2. The van der Waals surface area contributed by atoms with Gasteiger partial charge in [-0.05, 0) is 47.7 Å². The first kappa shape index (κ1) is 19.8. The number of nitrogens with zero attached hydrogens (tertiary/aromatic N) is 1. The molecule has 5 heteroatoms. The van der Waals surface area contributed by atoms with Crippen molar-refractivity contribution >= 4 is 21.7 Å². The highest BCUT2D eigenvalue weighted by atomic mass is 79.9. The molecule has 3 aromatic rings. The third kappa shape index (κ3) is 3.60. The molecule has 0 saturated carbocycles. The van der Waals surface area contributed by atoms with E-state index < -0.39 is 0 Å². The minimum Gasteiger partial charge on any atom is -0.493 e. The molecule has 1 heterocycles. The molecule has 1 aromatic heterocycles. The van der Waals surface area contributed by atoms with Crippen LogP contribution in [0.2, 0.25) is 0 Å². The topological polar surface area (TPSA) is 40.5 Å². The first-order valence-electron chi connectivity index (χ1n) is 9.59. The number of benzene rings is 2. The van der Waals surface area contributed by atoms with Crippen LogP contribution in [0.3, 0.4) is 0 Å². The van der Waals surface area contributed by atoms with Crippen molar-refractivity contribution in [3.05, 3.63) is 64.3 Å². The monoisotopic (exact) mass is 453 g/mol. The highest BCUT2D eigenvalue weighted by Gasteiger charge is 2.35. The average Bonchev–Trinajstić information content (AvgIpc) is 3.06. The minimum atomic E-state index is -0.0781. The number of fused-ring (bicyclic) bond motifs is 1. The molecular weight excluding hydrogens is 430 g/mol. The van der Waals surface area contributed by atoms with Crippen LogP contribution >= 0.6 is 15.9 Å². The number of halogens is 1.